The van der Waals surface area contributed by atoms with Gasteiger partial charge in [-0.3, -0.25) is 35.5 Å². The van der Waals surface area contributed by atoms with Gasteiger partial charge in [-0.2, -0.15) is 0 Å². The zero-order chi connectivity index (χ0) is 23.1. The number of hydrogen-bond acceptors (Lipinski definition) is 8. The number of ether oxygens (including phenoxy) is 1. The first-order chi connectivity index (χ1) is 15.4. The summed E-state index contributed by atoms with van der Waals surface area (Å²) in [5.41, 5.74) is 3.52. The van der Waals surface area contributed by atoms with Crippen LogP contribution in [-0.2, 0) is 14.3 Å². The first kappa shape index (κ1) is 33.2. The van der Waals surface area contributed by atoms with Crippen molar-refractivity contribution < 1.29 is 24.6 Å². The Morgan fingerprint density at radius 3 is 2.26 bits per heavy atom. The van der Waals surface area contributed by atoms with E-state index in [-0.39, 0.29) is 74.0 Å². The average Bonchev–Trinajstić information content (AvgIpc) is 2.79. The zero-order valence-electron chi connectivity index (χ0n) is 19.7. The number of halogens is 3. The van der Waals surface area contributed by atoms with Gasteiger partial charge in [0.15, 0.2) is 0 Å². The summed E-state index contributed by atoms with van der Waals surface area (Å²) in [5, 5.41) is 25.9. The first-order valence-electron chi connectivity index (χ1n) is 11.1. The maximum absolute atomic E-state index is 11.8. The molecule has 0 amide bonds. The second-order valence-electron chi connectivity index (χ2n) is 8.31. The van der Waals surface area contributed by atoms with Crippen LogP contribution in [0.3, 0.4) is 0 Å². The fraction of sp³-hybridized carbons (Fsp3) is 0.591. The topological polar surface area (TPSA) is 129 Å². The van der Waals surface area contributed by atoms with Gasteiger partial charge in [0.25, 0.3) is 0 Å². The van der Waals surface area contributed by atoms with E-state index in [9.17, 15) is 14.7 Å². The standard InChI is InChI=1S/C22H33N5O5.3ClH/c1-2-32-21(30)15-25-8-7-19(17(14-25)13-20(28)29)27-11-9-26(10-12-27)18-5-3-16(4-6-18)22(23)24-31;;;/h3-6,17,19,31H,2,7-15H2,1H3,(H2,23,24)(H,28,29);3*1H/t17-,19+;;;/m0.../s1. The summed E-state index contributed by atoms with van der Waals surface area (Å²) in [6.07, 6.45) is 0.929. The fourth-order valence-corrected chi connectivity index (χ4v) is 4.75. The molecule has 0 aliphatic carbocycles. The van der Waals surface area contributed by atoms with Crippen molar-refractivity contribution in [3.63, 3.8) is 0 Å². The number of piperazine rings is 1. The number of nitrogens with zero attached hydrogens (tertiary/aromatic N) is 3. The van der Waals surface area contributed by atoms with Crippen molar-refractivity contribution in [1.29, 1.82) is 5.41 Å². The molecule has 0 aromatic heterocycles. The lowest BCUT2D eigenvalue weighted by molar-refractivity contribution is -0.145. The van der Waals surface area contributed by atoms with Crippen LogP contribution in [0.15, 0.2) is 24.3 Å². The van der Waals surface area contributed by atoms with E-state index < -0.39 is 5.97 Å². The highest BCUT2D eigenvalue weighted by Crippen LogP contribution is 2.27. The van der Waals surface area contributed by atoms with E-state index in [1.165, 1.54) is 0 Å². The Labute approximate surface area is 224 Å². The zero-order valence-corrected chi connectivity index (χ0v) is 22.2. The number of aliphatic carboxylic acids is 1. The lowest BCUT2D eigenvalue weighted by Crippen LogP contribution is -2.57. The number of likely N-dealkylation sites (tertiary alicyclic amines) is 1. The Morgan fingerprint density at radius 1 is 1.09 bits per heavy atom. The SMILES string of the molecule is CCOC(=O)CN1CC[C@@H](N2CCN(c3ccc(C(=N)NO)cc3)CC2)[C@@H](CC(=O)O)C1.Cl.Cl.Cl. The number of piperidine rings is 1. The smallest absolute Gasteiger partial charge is 0.320 e. The minimum Gasteiger partial charge on any atom is -0.481 e. The molecule has 4 N–H and O–H groups in total. The predicted octanol–water partition coefficient (Wildman–Crippen LogP) is 2.11. The highest BCUT2D eigenvalue weighted by molar-refractivity contribution is 5.95. The number of esters is 1. The summed E-state index contributed by atoms with van der Waals surface area (Å²) in [5.74, 6) is -1.14. The van der Waals surface area contributed by atoms with E-state index in [1.54, 1.807) is 19.1 Å². The molecule has 35 heavy (non-hydrogen) atoms. The van der Waals surface area contributed by atoms with E-state index in [1.807, 2.05) is 22.5 Å². The number of hydroxylamine groups is 1. The monoisotopic (exact) mass is 555 g/mol. The molecule has 2 atom stereocenters. The third-order valence-corrected chi connectivity index (χ3v) is 6.29. The van der Waals surface area contributed by atoms with Gasteiger partial charge in [-0.15, -0.1) is 37.2 Å². The van der Waals surface area contributed by atoms with Crippen molar-refractivity contribution in [2.24, 2.45) is 5.92 Å². The molecule has 0 radical (unpaired) electrons. The molecule has 0 bridgehead atoms. The maximum Gasteiger partial charge on any atom is 0.320 e. The average molecular weight is 557 g/mol. The highest BCUT2D eigenvalue weighted by atomic mass is 35.5. The number of carbonyl (C=O) groups excluding carboxylic acids is 1. The van der Waals surface area contributed by atoms with Crippen molar-refractivity contribution in [2.45, 2.75) is 25.8 Å². The molecule has 2 aliphatic heterocycles. The molecule has 2 aliphatic rings. The minimum atomic E-state index is -0.806. The molecule has 3 rings (SSSR count). The third-order valence-electron chi connectivity index (χ3n) is 6.29. The molecule has 2 fully saturated rings. The molecular weight excluding hydrogens is 521 g/mol. The van der Waals surface area contributed by atoms with E-state index in [4.69, 9.17) is 15.4 Å². The highest BCUT2D eigenvalue weighted by Gasteiger charge is 2.36. The van der Waals surface area contributed by atoms with Gasteiger partial charge < -0.3 is 14.7 Å². The second-order valence-corrected chi connectivity index (χ2v) is 8.31. The van der Waals surface area contributed by atoms with Crippen LogP contribution >= 0.6 is 37.2 Å². The number of rotatable bonds is 8. The van der Waals surface area contributed by atoms with E-state index in [0.717, 1.165) is 44.8 Å². The molecule has 1 aromatic carbocycles. The third kappa shape index (κ3) is 9.29. The summed E-state index contributed by atoms with van der Waals surface area (Å²) in [6, 6.07) is 7.67. The minimum absolute atomic E-state index is 0. The number of anilines is 1. The fourth-order valence-electron chi connectivity index (χ4n) is 4.75. The Hall–Kier alpha value is -1.82. The van der Waals surface area contributed by atoms with Crippen LogP contribution in [0.2, 0.25) is 0 Å². The maximum atomic E-state index is 11.8. The van der Waals surface area contributed by atoms with Crippen LogP contribution < -0.4 is 10.4 Å². The molecule has 2 saturated heterocycles. The molecule has 13 heteroatoms. The lowest BCUT2D eigenvalue weighted by atomic mass is 9.87. The van der Waals surface area contributed by atoms with E-state index in [0.29, 0.717) is 18.7 Å². The van der Waals surface area contributed by atoms with Gasteiger partial charge in [-0.25, -0.2) is 0 Å². The Balaban J connectivity index is 0.00000385. The predicted molar refractivity (Wildman–Crippen MR) is 141 cm³/mol. The second kappa shape index (κ2) is 16.0. The van der Waals surface area contributed by atoms with E-state index >= 15 is 0 Å². The lowest BCUT2D eigenvalue weighted by Gasteiger charge is -2.46. The van der Waals surface area contributed by atoms with Gasteiger partial charge in [0, 0.05) is 56.6 Å². The van der Waals surface area contributed by atoms with E-state index in [2.05, 4.69) is 9.80 Å². The molecular formula is C22H36Cl3N5O5. The summed E-state index contributed by atoms with van der Waals surface area (Å²) < 4.78 is 5.04. The van der Waals surface area contributed by atoms with Crippen LogP contribution in [0.4, 0.5) is 5.69 Å². The van der Waals surface area contributed by atoms with Crippen molar-refractivity contribution in [3.8, 4) is 0 Å². The first-order valence-corrected chi connectivity index (χ1v) is 11.1. The van der Waals surface area contributed by atoms with Gasteiger partial charge in [0.1, 0.15) is 5.84 Å². The summed E-state index contributed by atoms with van der Waals surface area (Å²) in [6.45, 7) is 7.03. The Kier molecular flexibility index (Phi) is 15.2. The van der Waals surface area contributed by atoms with Crippen molar-refractivity contribution >= 4 is 60.7 Å². The molecule has 0 saturated carbocycles. The number of amidine groups is 1. The largest absolute Gasteiger partial charge is 0.481 e. The van der Waals surface area contributed by atoms with Crippen molar-refractivity contribution in [2.75, 3.05) is 57.3 Å². The number of nitrogens with one attached hydrogen (secondary N) is 2. The number of carboxylic acids is 1. The van der Waals surface area contributed by atoms with Crippen molar-refractivity contribution in [3.05, 3.63) is 29.8 Å². The number of hydrogen-bond donors (Lipinski definition) is 4. The van der Waals surface area contributed by atoms with Gasteiger partial charge >= 0.3 is 11.9 Å². The van der Waals surface area contributed by atoms with Crippen LogP contribution in [0.25, 0.3) is 0 Å². The Bertz CT molecular complexity index is 809. The van der Waals surface area contributed by atoms with Gasteiger partial charge in [0.2, 0.25) is 0 Å². The normalized spacial score (nSPS) is 20.5. The molecule has 1 aromatic rings. The quantitative estimate of drug-likeness (QED) is 0.165. The number of benzene rings is 1. The van der Waals surface area contributed by atoms with Crippen LogP contribution in [0.1, 0.15) is 25.3 Å². The van der Waals surface area contributed by atoms with Gasteiger partial charge in [-0.1, -0.05) is 0 Å². The van der Waals surface area contributed by atoms with Crippen molar-refractivity contribution in [1.82, 2.24) is 15.3 Å². The molecule has 0 unspecified atom stereocenters. The molecule has 200 valence electrons. The summed E-state index contributed by atoms with van der Waals surface area (Å²) in [7, 11) is 0. The molecule has 2 heterocycles. The molecule has 0 spiro atoms. The number of carbonyl (C=O) groups is 2. The van der Waals surface area contributed by atoms with Gasteiger partial charge in [0.05, 0.1) is 19.6 Å². The van der Waals surface area contributed by atoms with Gasteiger partial charge in [-0.05, 0) is 43.5 Å². The number of carboxylic acid groups (broad SMARTS) is 1. The molecule has 10 nitrogen and oxygen atoms in total. The summed E-state index contributed by atoms with van der Waals surface area (Å²) >= 11 is 0. The van der Waals surface area contributed by atoms with Crippen LogP contribution in [0.5, 0.6) is 0 Å². The summed E-state index contributed by atoms with van der Waals surface area (Å²) in [4.78, 5) is 30.0. The Morgan fingerprint density at radius 2 is 1.71 bits per heavy atom. The van der Waals surface area contributed by atoms with Crippen LogP contribution in [-0.4, -0.2) is 96.3 Å². The van der Waals surface area contributed by atoms with Crippen LogP contribution in [0, 0.1) is 11.3 Å².